The highest BCUT2D eigenvalue weighted by atomic mass is 16.5. The van der Waals surface area contributed by atoms with Crippen molar-refractivity contribution in [3.8, 4) is 11.9 Å². The minimum Gasteiger partial charge on any atom is -0.420 e. The lowest BCUT2D eigenvalue weighted by Crippen LogP contribution is -2.21. The number of rotatable bonds is 3. The van der Waals surface area contributed by atoms with Gasteiger partial charge in [0.25, 0.3) is 0 Å². The molecule has 7 nitrogen and oxygen atoms in total. The van der Waals surface area contributed by atoms with Crippen molar-refractivity contribution in [2.45, 2.75) is 12.5 Å². The second-order valence-electron chi connectivity index (χ2n) is 4.57. The number of methoxy groups -OCH3 is 1. The Morgan fingerprint density at radius 3 is 3.10 bits per heavy atom. The minimum absolute atomic E-state index is 0.0642. The average molecular weight is 283 g/mol. The highest BCUT2D eigenvalue weighted by Gasteiger charge is 2.35. The van der Waals surface area contributed by atoms with E-state index in [0.717, 1.165) is 16.8 Å². The van der Waals surface area contributed by atoms with Crippen LogP contribution >= 0.6 is 0 Å². The Bertz CT molecular complexity index is 730. The predicted octanol–water partition coefficient (Wildman–Crippen LogP) is 1.17. The van der Waals surface area contributed by atoms with Crippen molar-refractivity contribution < 1.29 is 9.47 Å². The quantitative estimate of drug-likeness (QED) is 0.875. The van der Waals surface area contributed by atoms with Gasteiger partial charge in [-0.25, -0.2) is 0 Å². The first-order valence-electron chi connectivity index (χ1n) is 6.29. The standard InChI is InChI=1S/C14H13N5O2/c1-20-7-10-12-11(8-3-2-4-17-6-8)9(5-15)13(16)21-14(12)19-18-10/h2-4,6,11H,7,16H2,1H3,(H,18,19)/t11-/m0/s1. The van der Waals surface area contributed by atoms with E-state index in [1.807, 2.05) is 12.1 Å². The fraction of sp³-hybridized carbons (Fsp3) is 0.214. The zero-order chi connectivity index (χ0) is 14.8. The van der Waals surface area contributed by atoms with E-state index >= 15 is 0 Å². The fourth-order valence-electron chi connectivity index (χ4n) is 2.44. The number of pyridine rings is 1. The lowest BCUT2D eigenvalue weighted by molar-refractivity contribution is 0.180. The first-order chi connectivity index (χ1) is 10.3. The first kappa shape index (κ1) is 13.1. The van der Waals surface area contributed by atoms with E-state index in [9.17, 15) is 5.26 Å². The van der Waals surface area contributed by atoms with Gasteiger partial charge in [0.15, 0.2) is 0 Å². The van der Waals surface area contributed by atoms with E-state index in [0.29, 0.717) is 18.1 Å². The van der Waals surface area contributed by atoms with Crippen LogP contribution in [0, 0.1) is 11.3 Å². The average Bonchev–Trinajstić information content (AvgIpc) is 2.89. The Balaban J connectivity index is 2.20. The number of nitrogens with two attached hydrogens (primary N) is 1. The number of fused-ring (bicyclic) bond motifs is 1. The monoisotopic (exact) mass is 283 g/mol. The Labute approximate surface area is 121 Å². The number of nitrogens with one attached hydrogen (secondary N) is 1. The number of H-pyrrole nitrogens is 1. The maximum atomic E-state index is 9.43. The Kier molecular flexibility index (Phi) is 3.30. The number of hydrogen-bond donors (Lipinski definition) is 2. The molecule has 0 saturated carbocycles. The van der Waals surface area contributed by atoms with Crippen molar-refractivity contribution in [1.82, 2.24) is 15.2 Å². The van der Waals surface area contributed by atoms with Crippen LogP contribution in [-0.4, -0.2) is 22.3 Å². The number of allylic oxidation sites excluding steroid dienone is 1. The molecule has 0 saturated heterocycles. The van der Waals surface area contributed by atoms with Crippen LogP contribution in [0.15, 0.2) is 36.0 Å². The molecular formula is C14H13N5O2. The van der Waals surface area contributed by atoms with E-state index < -0.39 is 0 Å². The van der Waals surface area contributed by atoms with Gasteiger partial charge in [-0.2, -0.15) is 5.26 Å². The van der Waals surface area contributed by atoms with Gasteiger partial charge >= 0.3 is 0 Å². The second-order valence-corrected chi connectivity index (χ2v) is 4.57. The topological polar surface area (TPSA) is 110 Å². The number of ether oxygens (including phenoxy) is 2. The molecule has 3 N–H and O–H groups in total. The Morgan fingerprint density at radius 2 is 2.43 bits per heavy atom. The molecule has 3 rings (SSSR count). The van der Waals surface area contributed by atoms with Crippen molar-refractivity contribution in [3.63, 3.8) is 0 Å². The van der Waals surface area contributed by atoms with Crippen molar-refractivity contribution >= 4 is 0 Å². The zero-order valence-electron chi connectivity index (χ0n) is 11.3. The maximum absolute atomic E-state index is 9.43. The summed E-state index contributed by atoms with van der Waals surface area (Å²) in [6.07, 6.45) is 3.38. The molecule has 0 radical (unpaired) electrons. The predicted molar refractivity (Wildman–Crippen MR) is 72.8 cm³/mol. The summed E-state index contributed by atoms with van der Waals surface area (Å²) in [7, 11) is 1.59. The van der Waals surface area contributed by atoms with Crippen molar-refractivity contribution in [2.75, 3.05) is 7.11 Å². The number of hydrogen-bond acceptors (Lipinski definition) is 6. The van der Waals surface area contributed by atoms with E-state index in [4.69, 9.17) is 15.2 Å². The highest BCUT2D eigenvalue weighted by Crippen LogP contribution is 2.42. The van der Waals surface area contributed by atoms with Crippen LogP contribution in [0.2, 0.25) is 0 Å². The first-order valence-corrected chi connectivity index (χ1v) is 6.29. The van der Waals surface area contributed by atoms with Gasteiger partial charge in [-0.15, -0.1) is 5.10 Å². The van der Waals surface area contributed by atoms with Crippen molar-refractivity contribution in [3.05, 3.63) is 52.8 Å². The summed E-state index contributed by atoms with van der Waals surface area (Å²) in [5, 5.41) is 16.4. The molecule has 0 spiro atoms. The molecule has 1 aliphatic rings. The lowest BCUT2D eigenvalue weighted by Gasteiger charge is -2.23. The molecule has 1 atom stereocenters. The van der Waals surface area contributed by atoms with Crippen LogP contribution in [0.1, 0.15) is 22.7 Å². The molecule has 0 bridgehead atoms. The lowest BCUT2D eigenvalue weighted by atomic mass is 9.85. The number of nitrogens with zero attached hydrogens (tertiary/aromatic N) is 3. The third-order valence-corrected chi connectivity index (χ3v) is 3.32. The maximum Gasteiger partial charge on any atom is 0.244 e. The van der Waals surface area contributed by atoms with Crippen LogP contribution in [0.4, 0.5) is 0 Å². The van der Waals surface area contributed by atoms with Crippen molar-refractivity contribution in [1.29, 1.82) is 5.26 Å². The molecule has 2 aromatic rings. The minimum atomic E-state index is -0.364. The Hall–Kier alpha value is -2.85. The SMILES string of the molecule is COCc1[nH]nc2c1[C@@H](c1cccnc1)C(C#N)=C(N)O2. The summed E-state index contributed by atoms with van der Waals surface area (Å²) in [5.41, 5.74) is 8.55. The molecule has 0 amide bonds. The summed E-state index contributed by atoms with van der Waals surface area (Å²) < 4.78 is 10.6. The number of nitriles is 1. The van der Waals surface area contributed by atoms with Gasteiger partial charge in [-0.05, 0) is 11.6 Å². The molecule has 0 aromatic carbocycles. The molecule has 106 valence electrons. The van der Waals surface area contributed by atoms with Crippen molar-refractivity contribution in [2.24, 2.45) is 5.73 Å². The van der Waals surface area contributed by atoms with Gasteiger partial charge in [0.1, 0.15) is 11.6 Å². The third-order valence-electron chi connectivity index (χ3n) is 3.32. The van der Waals surface area contributed by atoms with Gasteiger partial charge in [-0.1, -0.05) is 6.07 Å². The normalized spacial score (nSPS) is 17.0. The fourth-order valence-corrected chi connectivity index (χ4v) is 2.44. The molecule has 0 fully saturated rings. The van der Waals surface area contributed by atoms with Crippen LogP contribution in [0.25, 0.3) is 0 Å². The van der Waals surface area contributed by atoms with E-state index in [1.165, 1.54) is 0 Å². The molecule has 2 aromatic heterocycles. The molecule has 0 unspecified atom stereocenters. The summed E-state index contributed by atoms with van der Waals surface area (Å²) in [5.74, 6) is 0.0677. The zero-order valence-corrected chi connectivity index (χ0v) is 11.3. The molecule has 21 heavy (non-hydrogen) atoms. The third kappa shape index (κ3) is 2.11. The van der Waals surface area contributed by atoms with E-state index in [-0.39, 0.29) is 11.8 Å². The van der Waals surface area contributed by atoms with E-state index in [2.05, 4.69) is 21.3 Å². The summed E-state index contributed by atoms with van der Waals surface area (Å²) in [6.45, 7) is 0.334. The van der Waals surface area contributed by atoms with Crippen LogP contribution in [0.3, 0.4) is 0 Å². The summed E-state index contributed by atoms with van der Waals surface area (Å²) in [6, 6.07) is 5.82. The van der Waals surface area contributed by atoms with Crippen LogP contribution in [-0.2, 0) is 11.3 Å². The second kappa shape index (κ2) is 5.26. The number of aromatic nitrogens is 3. The van der Waals surface area contributed by atoms with Gasteiger partial charge in [0.05, 0.1) is 23.8 Å². The number of aromatic amines is 1. The van der Waals surface area contributed by atoms with Gasteiger partial charge in [0.2, 0.25) is 11.8 Å². The molecular weight excluding hydrogens is 270 g/mol. The molecule has 1 aliphatic heterocycles. The van der Waals surface area contributed by atoms with Crippen LogP contribution in [0.5, 0.6) is 5.88 Å². The largest absolute Gasteiger partial charge is 0.420 e. The molecule has 3 heterocycles. The van der Waals surface area contributed by atoms with Gasteiger partial charge < -0.3 is 15.2 Å². The van der Waals surface area contributed by atoms with E-state index in [1.54, 1.807) is 19.5 Å². The molecule has 0 aliphatic carbocycles. The summed E-state index contributed by atoms with van der Waals surface area (Å²) in [4.78, 5) is 4.11. The Morgan fingerprint density at radius 1 is 1.57 bits per heavy atom. The highest BCUT2D eigenvalue weighted by molar-refractivity contribution is 5.54. The van der Waals surface area contributed by atoms with Gasteiger partial charge in [0, 0.05) is 19.5 Å². The smallest absolute Gasteiger partial charge is 0.244 e. The molecule has 7 heteroatoms. The van der Waals surface area contributed by atoms with Gasteiger partial charge in [-0.3, -0.25) is 10.1 Å². The summed E-state index contributed by atoms with van der Waals surface area (Å²) >= 11 is 0. The van der Waals surface area contributed by atoms with Crippen LogP contribution < -0.4 is 10.5 Å².